The Morgan fingerprint density at radius 2 is 2.22 bits per heavy atom. The van der Waals surface area contributed by atoms with Gasteiger partial charge in [-0.15, -0.1) is 0 Å². The summed E-state index contributed by atoms with van der Waals surface area (Å²) in [5.41, 5.74) is 0.312. The Morgan fingerprint density at radius 1 is 1.43 bits per heavy atom. The lowest BCUT2D eigenvalue weighted by Crippen LogP contribution is -2.37. The minimum absolute atomic E-state index is 0.145. The fourth-order valence-corrected chi connectivity index (χ4v) is 2.18. The van der Waals surface area contributed by atoms with Crippen molar-refractivity contribution in [1.29, 1.82) is 0 Å². The number of nitrogens with zero attached hydrogens (tertiary/aromatic N) is 1. The number of benzene rings is 1. The van der Waals surface area contributed by atoms with Crippen LogP contribution in [0.1, 0.15) is 17.3 Å². The second kappa shape index (κ2) is 8.03. The van der Waals surface area contributed by atoms with Crippen LogP contribution in [0.4, 0.5) is 4.39 Å². The normalized spacial score (nSPS) is 11.8. The molecular weight excluding hydrogens is 365 g/mol. The third-order valence-electron chi connectivity index (χ3n) is 3.18. The molecule has 0 aliphatic heterocycles. The second-order valence-corrected chi connectivity index (χ2v) is 5.79. The highest BCUT2D eigenvalue weighted by Gasteiger charge is 2.15. The van der Waals surface area contributed by atoms with Crippen molar-refractivity contribution in [2.45, 2.75) is 13.0 Å². The molecule has 1 unspecified atom stereocenters. The van der Waals surface area contributed by atoms with Gasteiger partial charge in [-0.2, -0.15) is 0 Å². The number of aromatic nitrogens is 1. The van der Waals surface area contributed by atoms with Crippen molar-refractivity contribution in [2.24, 2.45) is 0 Å². The fraction of sp³-hybridized carbons (Fsp3) is 0.250. The summed E-state index contributed by atoms with van der Waals surface area (Å²) in [4.78, 5) is 16.4. The first-order valence-electron chi connectivity index (χ1n) is 7.04. The Morgan fingerprint density at radius 3 is 2.91 bits per heavy atom. The molecule has 1 aromatic heterocycles. The van der Waals surface area contributed by atoms with Gasteiger partial charge in [0, 0.05) is 18.8 Å². The van der Waals surface area contributed by atoms with Crippen molar-refractivity contribution in [2.75, 3.05) is 13.6 Å². The van der Waals surface area contributed by atoms with E-state index in [2.05, 4.69) is 31.5 Å². The third-order valence-corrected chi connectivity index (χ3v) is 3.80. The summed E-state index contributed by atoms with van der Waals surface area (Å²) in [6.45, 7) is 2.43. The molecule has 1 amide bonds. The quantitative estimate of drug-likeness (QED) is 0.806. The maximum atomic E-state index is 13.1. The summed E-state index contributed by atoms with van der Waals surface area (Å²) in [6.07, 6.45) is 1.53. The van der Waals surface area contributed by atoms with Gasteiger partial charge in [0.25, 0.3) is 5.91 Å². The van der Waals surface area contributed by atoms with Crippen LogP contribution in [-0.2, 0) is 0 Å². The molecule has 0 fully saturated rings. The van der Waals surface area contributed by atoms with Gasteiger partial charge in [-0.3, -0.25) is 4.79 Å². The van der Waals surface area contributed by atoms with E-state index >= 15 is 0 Å². The van der Waals surface area contributed by atoms with Crippen molar-refractivity contribution in [3.63, 3.8) is 0 Å². The Bertz CT molecular complexity index is 697. The van der Waals surface area contributed by atoms with Crippen LogP contribution in [-0.4, -0.2) is 30.5 Å². The monoisotopic (exact) mass is 381 g/mol. The highest BCUT2D eigenvalue weighted by atomic mass is 79.9. The zero-order valence-electron chi connectivity index (χ0n) is 12.8. The lowest BCUT2D eigenvalue weighted by Gasteiger charge is -2.13. The van der Waals surface area contributed by atoms with E-state index in [-0.39, 0.29) is 23.6 Å². The summed E-state index contributed by atoms with van der Waals surface area (Å²) in [5.74, 6) is -0.130. The molecule has 0 bridgehead atoms. The molecule has 0 saturated carbocycles. The van der Waals surface area contributed by atoms with E-state index in [1.165, 1.54) is 24.4 Å². The number of nitrogens with one attached hydrogen (secondary N) is 2. The molecule has 2 rings (SSSR count). The van der Waals surface area contributed by atoms with Crippen molar-refractivity contribution < 1.29 is 13.9 Å². The number of pyridine rings is 1. The van der Waals surface area contributed by atoms with Crippen LogP contribution < -0.4 is 15.4 Å². The molecule has 0 aliphatic rings. The van der Waals surface area contributed by atoms with E-state index in [9.17, 15) is 9.18 Å². The number of ether oxygens (including phenoxy) is 1. The minimum atomic E-state index is -0.385. The summed E-state index contributed by atoms with van der Waals surface area (Å²) < 4.78 is 19.2. The van der Waals surface area contributed by atoms with E-state index in [1.54, 1.807) is 12.1 Å². The van der Waals surface area contributed by atoms with Crippen molar-refractivity contribution in [3.05, 3.63) is 52.4 Å². The molecule has 5 nitrogen and oxygen atoms in total. The maximum absolute atomic E-state index is 13.1. The molecule has 1 heterocycles. The van der Waals surface area contributed by atoms with Crippen LogP contribution in [0.25, 0.3) is 0 Å². The predicted octanol–water partition coefficient (Wildman–Crippen LogP) is 3.11. The number of halogens is 2. The van der Waals surface area contributed by atoms with Gasteiger partial charge < -0.3 is 15.4 Å². The first-order valence-corrected chi connectivity index (χ1v) is 7.84. The number of rotatable bonds is 6. The average molecular weight is 382 g/mol. The smallest absolute Gasteiger partial charge is 0.256 e. The standard InChI is InChI=1S/C16H17BrFN3O2/c1-10(19-2)9-21-15(22)12-4-3-7-20-16(12)23-14-6-5-11(18)8-13(14)17/h3-8,10,19H,9H2,1-2H3,(H,21,22). The van der Waals surface area contributed by atoms with Gasteiger partial charge in [0.05, 0.1) is 4.47 Å². The first kappa shape index (κ1) is 17.4. The summed E-state index contributed by atoms with van der Waals surface area (Å²) >= 11 is 3.22. The molecule has 23 heavy (non-hydrogen) atoms. The van der Waals surface area contributed by atoms with Crippen molar-refractivity contribution in [3.8, 4) is 11.6 Å². The molecule has 0 radical (unpaired) electrons. The Kier molecular flexibility index (Phi) is 6.06. The second-order valence-electron chi connectivity index (χ2n) is 4.93. The Labute approximate surface area is 142 Å². The molecule has 2 N–H and O–H groups in total. The van der Waals surface area contributed by atoms with E-state index in [0.717, 1.165) is 0 Å². The van der Waals surface area contributed by atoms with Crippen LogP contribution in [0.2, 0.25) is 0 Å². The minimum Gasteiger partial charge on any atom is -0.437 e. The summed E-state index contributed by atoms with van der Waals surface area (Å²) in [5, 5.41) is 5.84. The molecule has 1 aromatic carbocycles. The average Bonchev–Trinajstić information content (AvgIpc) is 2.55. The van der Waals surface area contributed by atoms with Crippen LogP contribution >= 0.6 is 15.9 Å². The zero-order chi connectivity index (χ0) is 16.8. The van der Waals surface area contributed by atoms with E-state index in [1.807, 2.05) is 14.0 Å². The molecular formula is C16H17BrFN3O2. The molecule has 122 valence electrons. The van der Waals surface area contributed by atoms with Crippen molar-refractivity contribution >= 4 is 21.8 Å². The fourth-order valence-electron chi connectivity index (χ4n) is 1.75. The molecule has 0 aliphatic carbocycles. The SMILES string of the molecule is CNC(C)CNC(=O)c1cccnc1Oc1ccc(F)cc1Br. The Hall–Kier alpha value is -1.99. The predicted molar refractivity (Wildman–Crippen MR) is 89.3 cm³/mol. The van der Waals surface area contributed by atoms with Gasteiger partial charge in [-0.1, -0.05) is 0 Å². The van der Waals surface area contributed by atoms with E-state index in [0.29, 0.717) is 22.3 Å². The van der Waals surface area contributed by atoms with Gasteiger partial charge in [0.1, 0.15) is 17.1 Å². The molecule has 2 aromatic rings. The number of likely N-dealkylation sites (N-methyl/N-ethyl adjacent to an activating group) is 1. The highest BCUT2D eigenvalue weighted by Crippen LogP contribution is 2.30. The molecule has 0 saturated heterocycles. The topological polar surface area (TPSA) is 63.2 Å². The van der Waals surface area contributed by atoms with Crippen LogP contribution in [0, 0.1) is 5.82 Å². The molecule has 7 heteroatoms. The van der Waals surface area contributed by atoms with E-state index < -0.39 is 0 Å². The van der Waals surface area contributed by atoms with Gasteiger partial charge in [-0.25, -0.2) is 9.37 Å². The summed E-state index contributed by atoms with van der Waals surface area (Å²) in [6, 6.07) is 7.46. The number of amides is 1. The van der Waals surface area contributed by atoms with Crippen LogP contribution in [0.5, 0.6) is 11.6 Å². The van der Waals surface area contributed by atoms with Gasteiger partial charge in [-0.05, 0) is 60.2 Å². The molecule has 1 atom stereocenters. The number of hydrogen-bond acceptors (Lipinski definition) is 4. The summed E-state index contributed by atoms with van der Waals surface area (Å²) in [7, 11) is 1.82. The highest BCUT2D eigenvalue weighted by molar-refractivity contribution is 9.10. The third kappa shape index (κ3) is 4.74. The lowest BCUT2D eigenvalue weighted by molar-refractivity contribution is 0.0947. The van der Waals surface area contributed by atoms with Crippen LogP contribution in [0.3, 0.4) is 0 Å². The van der Waals surface area contributed by atoms with Gasteiger partial charge in [0.2, 0.25) is 5.88 Å². The Balaban J connectivity index is 2.18. The largest absolute Gasteiger partial charge is 0.437 e. The lowest BCUT2D eigenvalue weighted by atomic mass is 10.2. The van der Waals surface area contributed by atoms with Crippen molar-refractivity contribution in [1.82, 2.24) is 15.6 Å². The van der Waals surface area contributed by atoms with E-state index in [4.69, 9.17) is 4.74 Å². The van der Waals surface area contributed by atoms with Gasteiger partial charge in [0.15, 0.2) is 0 Å². The number of carbonyl (C=O) groups is 1. The van der Waals surface area contributed by atoms with Gasteiger partial charge >= 0.3 is 0 Å². The first-order chi connectivity index (χ1) is 11.0. The zero-order valence-corrected chi connectivity index (χ0v) is 14.4. The molecule has 0 spiro atoms. The number of hydrogen-bond donors (Lipinski definition) is 2. The number of carbonyl (C=O) groups excluding carboxylic acids is 1. The van der Waals surface area contributed by atoms with Crippen LogP contribution in [0.15, 0.2) is 41.0 Å². The maximum Gasteiger partial charge on any atom is 0.256 e.